The summed E-state index contributed by atoms with van der Waals surface area (Å²) in [4.78, 5) is 15.3. The molecule has 2 heterocycles. The highest BCUT2D eigenvalue weighted by atomic mass is 16.5. The van der Waals surface area contributed by atoms with Crippen LogP contribution < -0.4 is 0 Å². The normalized spacial score (nSPS) is 11.2. The van der Waals surface area contributed by atoms with Gasteiger partial charge in [0.25, 0.3) is 0 Å². The number of aryl methyl sites for hydroxylation is 1. The molecule has 0 aliphatic rings. The van der Waals surface area contributed by atoms with Crippen molar-refractivity contribution in [3.63, 3.8) is 0 Å². The summed E-state index contributed by atoms with van der Waals surface area (Å²) in [5.41, 5.74) is 2.18. The van der Waals surface area contributed by atoms with Gasteiger partial charge in [0.2, 0.25) is 0 Å². The van der Waals surface area contributed by atoms with Gasteiger partial charge in [0, 0.05) is 19.3 Å². The van der Waals surface area contributed by atoms with Crippen LogP contribution in [-0.2, 0) is 16.6 Å². The molecule has 2 aromatic rings. The van der Waals surface area contributed by atoms with Crippen LogP contribution in [0.15, 0.2) is 18.3 Å². The van der Waals surface area contributed by atoms with Crippen LogP contribution in [0.3, 0.4) is 0 Å². The summed E-state index contributed by atoms with van der Waals surface area (Å²) in [7, 11) is 1.77. The van der Waals surface area contributed by atoms with Crippen molar-refractivity contribution < 1.29 is 9.53 Å². The molecule has 0 aliphatic heterocycles. The molecular weight excluding hydrogens is 220 g/mol. The predicted molar refractivity (Wildman–Crippen MR) is 62.0 cm³/mol. The number of carbonyl (C=O) groups is 1. The molecule has 0 atom stereocenters. The number of hydrogen-bond acceptors (Lipinski definition) is 5. The van der Waals surface area contributed by atoms with E-state index >= 15 is 0 Å². The lowest BCUT2D eigenvalue weighted by molar-refractivity contribution is -0.137. The number of pyridine rings is 1. The highest BCUT2D eigenvalue weighted by Crippen LogP contribution is 2.10. The van der Waals surface area contributed by atoms with Crippen molar-refractivity contribution in [2.24, 2.45) is 7.05 Å². The van der Waals surface area contributed by atoms with Gasteiger partial charge in [0.1, 0.15) is 5.52 Å². The number of aromatic nitrogens is 4. The Morgan fingerprint density at radius 2 is 2.41 bits per heavy atom. The second-order valence-corrected chi connectivity index (χ2v) is 3.41. The number of esters is 1. The predicted octanol–water partition coefficient (Wildman–Crippen LogP) is 0.940. The lowest BCUT2D eigenvalue weighted by Gasteiger charge is -1.95. The average molecular weight is 232 g/mol. The SMILES string of the molecule is CCOC(=O)C=Cc1cnc2c(c1)nnn2C. The van der Waals surface area contributed by atoms with E-state index in [-0.39, 0.29) is 5.97 Å². The summed E-state index contributed by atoms with van der Waals surface area (Å²) >= 11 is 0. The Balaban J connectivity index is 2.22. The third-order valence-electron chi connectivity index (χ3n) is 2.16. The molecule has 0 amide bonds. The van der Waals surface area contributed by atoms with Gasteiger partial charge in [-0.15, -0.1) is 5.10 Å². The molecule has 2 rings (SSSR count). The summed E-state index contributed by atoms with van der Waals surface area (Å²) < 4.78 is 6.37. The van der Waals surface area contributed by atoms with Gasteiger partial charge in [-0.3, -0.25) is 0 Å². The Hall–Kier alpha value is -2.24. The average Bonchev–Trinajstić information content (AvgIpc) is 2.69. The first-order valence-corrected chi connectivity index (χ1v) is 5.21. The fourth-order valence-electron chi connectivity index (χ4n) is 1.39. The van der Waals surface area contributed by atoms with Gasteiger partial charge in [-0.25, -0.2) is 14.5 Å². The lowest BCUT2D eigenvalue weighted by atomic mass is 10.2. The van der Waals surface area contributed by atoms with Crippen LogP contribution in [0.5, 0.6) is 0 Å². The van der Waals surface area contributed by atoms with E-state index in [9.17, 15) is 4.79 Å². The van der Waals surface area contributed by atoms with Crippen molar-refractivity contribution in [2.45, 2.75) is 6.92 Å². The fraction of sp³-hybridized carbons (Fsp3) is 0.273. The zero-order valence-electron chi connectivity index (χ0n) is 9.62. The van der Waals surface area contributed by atoms with Crippen LogP contribution >= 0.6 is 0 Å². The summed E-state index contributed by atoms with van der Waals surface area (Å²) in [6.07, 6.45) is 4.66. The van der Waals surface area contributed by atoms with Crippen LogP contribution in [0.25, 0.3) is 17.2 Å². The first-order chi connectivity index (χ1) is 8.20. The molecule has 0 saturated carbocycles. The Labute approximate surface area is 97.9 Å². The Kier molecular flexibility index (Phi) is 3.13. The maximum atomic E-state index is 11.1. The Morgan fingerprint density at radius 3 is 3.18 bits per heavy atom. The van der Waals surface area contributed by atoms with E-state index in [1.54, 1.807) is 30.9 Å². The minimum absolute atomic E-state index is 0.366. The molecule has 88 valence electrons. The van der Waals surface area contributed by atoms with Gasteiger partial charge in [-0.2, -0.15) is 0 Å². The minimum Gasteiger partial charge on any atom is -0.463 e. The molecule has 2 aromatic heterocycles. The van der Waals surface area contributed by atoms with E-state index in [1.165, 1.54) is 6.08 Å². The molecule has 0 saturated heterocycles. The van der Waals surface area contributed by atoms with E-state index in [0.717, 1.165) is 5.56 Å². The molecule has 0 aliphatic carbocycles. The molecular formula is C11H12N4O2. The molecule has 0 fully saturated rings. The van der Waals surface area contributed by atoms with E-state index in [4.69, 9.17) is 4.74 Å². The zero-order chi connectivity index (χ0) is 12.3. The van der Waals surface area contributed by atoms with Gasteiger partial charge in [0.15, 0.2) is 5.65 Å². The summed E-state index contributed by atoms with van der Waals surface area (Å²) in [5.74, 6) is -0.369. The van der Waals surface area contributed by atoms with Gasteiger partial charge in [-0.05, 0) is 24.6 Å². The molecule has 0 spiro atoms. The van der Waals surface area contributed by atoms with E-state index < -0.39 is 0 Å². The van der Waals surface area contributed by atoms with Crippen LogP contribution in [0.1, 0.15) is 12.5 Å². The zero-order valence-corrected chi connectivity index (χ0v) is 9.62. The number of carbonyl (C=O) groups excluding carboxylic acids is 1. The number of rotatable bonds is 3. The van der Waals surface area contributed by atoms with E-state index in [2.05, 4.69) is 15.3 Å². The van der Waals surface area contributed by atoms with Gasteiger partial charge in [0.05, 0.1) is 6.61 Å². The summed E-state index contributed by atoms with van der Waals surface area (Å²) in [6.45, 7) is 2.13. The largest absolute Gasteiger partial charge is 0.463 e. The van der Waals surface area contributed by atoms with Crippen molar-refractivity contribution in [2.75, 3.05) is 6.61 Å². The first-order valence-electron chi connectivity index (χ1n) is 5.21. The van der Waals surface area contributed by atoms with Crippen molar-refractivity contribution in [1.82, 2.24) is 20.0 Å². The Bertz CT molecular complexity index is 574. The quantitative estimate of drug-likeness (QED) is 0.581. The molecule has 0 bridgehead atoms. The third kappa shape index (κ3) is 2.47. The number of nitrogens with zero attached hydrogens (tertiary/aromatic N) is 4. The number of ether oxygens (including phenoxy) is 1. The highest BCUT2D eigenvalue weighted by Gasteiger charge is 2.02. The third-order valence-corrected chi connectivity index (χ3v) is 2.16. The molecule has 0 N–H and O–H groups in total. The maximum absolute atomic E-state index is 11.1. The summed E-state index contributed by atoms with van der Waals surface area (Å²) in [6, 6.07) is 1.81. The lowest BCUT2D eigenvalue weighted by Crippen LogP contribution is -1.98. The number of hydrogen-bond donors (Lipinski definition) is 0. The topological polar surface area (TPSA) is 69.9 Å². The van der Waals surface area contributed by atoms with Crippen molar-refractivity contribution in [3.8, 4) is 0 Å². The van der Waals surface area contributed by atoms with Gasteiger partial charge < -0.3 is 4.74 Å². The molecule has 0 unspecified atom stereocenters. The molecule has 17 heavy (non-hydrogen) atoms. The fourth-order valence-corrected chi connectivity index (χ4v) is 1.39. The molecule has 6 heteroatoms. The van der Waals surface area contributed by atoms with Crippen LogP contribution in [0.4, 0.5) is 0 Å². The molecule has 6 nitrogen and oxygen atoms in total. The van der Waals surface area contributed by atoms with Gasteiger partial charge >= 0.3 is 5.97 Å². The van der Waals surface area contributed by atoms with E-state index in [1.807, 2.05) is 6.07 Å². The first kappa shape index (κ1) is 11.3. The van der Waals surface area contributed by atoms with Crippen LogP contribution in [-0.4, -0.2) is 32.6 Å². The second-order valence-electron chi connectivity index (χ2n) is 3.41. The summed E-state index contributed by atoms with van der Waals surface area (Å²) in [5, 5.41) is 7.79. The highest BCUT2D eigenvalue weighted by molar-refractivity contribution is 5.87. The van der Waals surface area contributed by atoms with Crippen molar-refractivity contribution in [1.29, 1.82) is 0 Å². The molecule has 0 radical (unpaired) electrons. The standard InChI is InChI=1S/C11H12N4O2/c1-3-17-10(16)5-4-8-6-9-11(12-7-8)15(2)14-13-9/h4-7H,3H2,1-2H3. The smallest absolute Gasteiger partial charge is 0.330 e. The number of fused-ring (bicyclic) bond motifs is 1. The van der Waals surface area contributed by atoms with Crippen molar-refractivity contribution in [3.05, 3.63) is 23.9 Å². The maximum Gasteiger partial charge on any atom is 0.330 e. The van der Waals surface area contributed by atoms with E-state index in [0.29, 0.717) is 17.8 Å². The minimum atomic E-state index is -0.369. The van der Waals surface area contributed by atoms with Crippen LogP contribution in [0.2, 0.25) is 0 Å². The second kappa shape index (κ2) is 4.73. The monoisotopic (exact) mass is 232 g/mol. The molecule has 0 aromatic carbocycles. The van der Waals surface area contributed by atoms with Crippen molar-refractivity contribution >= 4 is 23.2 Å². The Morgan fingerprint density at radius 1 is 1.59 bits per heavy atom. The van der Waals surface area contributed by atoms with Gasteiger partial charge in [-0.1, -0.05) is 5.21 Å². The van der Waals surface area contributed by atoms with Crippen LogP contribution in [0, 0.1) is 0 Å².